The maximum atomic E-state index is 12.5. The van der Waals surface area contributed by atoms with Gasteiger partial charge < -0.3 is 16.0 Å². The molecule has 5 nitrogen and oxygen atoms in total. The van der Waals surface area contributed by atoms with Crippen LogP contribution in [-0.4, -0.2) is 43.2 Å². The molecule has 0 aliphatic heterocycles. The summed E-state index contributed by atoms with van der Waals surface area (Å²) in [4.78, 5) is 7.66. The number of alkyl halides is 3. The molecule has 1 aromatic rings. The Labute approximate surface area is 138 Å². The van der Waals surface area contributed by atoms with Gasteiger partial charge in [0.05, 0.1) is 5.01 Å². The van der Waals surface area contributed by atoms with Crippen LogP contribution in [0.15, 0.2) is 10.4 Å². The fourth-order valence-corrected chi connectivity index (χ4v) is 2.49. The van der Waals surface area contributed by atoms with Crippen LogP contribution in [0.3, 0.4) is 0 Å². The minimum atomic E-state index is -4.38. The molecule has 0 aliphatic rings. The van der Waals surface area contributed by atoms with Crippen molar-refractivity contribution >= 4 is 17.3 Å². The standard InChI is InChI=1S/C14H24F3N5S/c1-13(2,3)21-8-7-20-12(18-4)19-6-5-11-22-10(9-23-11)14(15,16)17/h9,21H,5-8H2,1-4H3,(H2,18,19,20). The molecule has 0 fully saturated rings. The Morgan fingerprint density at radius 3 is 2.35 bits per heavy atom. The van der Waals surface area contributed by atoms with Crippen LogP contribution in [0.4, 0.5) is 13.2 Å². The maximum Gasteiger partial charge on any atom is 0.434 e. The molecule has 1 aromatic heterocycles. The molecule has 23 heavy (non-hydrogen) atoms. The van der Waals surface area contributed by atoms with Gasteiger partial charge in [0, 0.05) is 44.0 Å². The van der Waals surface area contributed by atoms with Crippen molar-refractivity contribution in [1.82, 2.24) is 20.9 Å². The van der Waals surface area contributed by atoms with E-state index in [1.807, 2.05) is 0 Å². The van der Waals surface area contributed by atoms with Gasteiger partial charge >= 0.3 is 6.18 Å². The molecule has 0 unspecified atom stereocenters. The Kier molecular flexibility index (Phi) is 7.27. The number of nitrogens with one attached hydrogen (secondary N) is 3. The van der Waals surface area contributed by atoms with Gasteiger partial charge in [-0.25, -0.2) is 4.98 Å². The lowest BCUT2D eigenvalue weighted by Gasteiger charge is -2.21. The Morgan fingerprint density at radius 2 is 1.83 bits per heavy atom. The first-order valence-electron chi connectivity index (χ1n) is 7.33. The lowest BCUT2D eigenvalue weighted by molar-refractivity contribution is -0.140. The quantitative estimate of drug-likeness (QED) is 0.418. The van der Waals surface area contributed by atoms with Crippen LogP contribution in [0.5, 0.6) is 0 Å². The summed E-state index contributed by atoms with van der Waals surface area (Å²) in [6, 6.07) is 0. The van der Waals surface area contributed by atoms with Crippen molar-refractivity contribution < 1.29 is 13.2 Å². The lowest BCUT2D eigenvalue weighted by atomic mass is 10.1. The van der Waals surface area contributed by atoms with Crippen LogP contribution in [-0.2, 0) is 12.6 Å². The third kappa shape index (κ3) is 8.17. The number of aliphatic imine (C=N–C) groups is 1. The molecule has 0 radical (unpaired) electrons. The average molecular weight is 351 g/mol. The Balaban J connectivity index is 2.29. The summed E-state index contributed by atoms with van der Waals surface area (Å²) >= 11 is 1.02. The SMILES string of the molecule is CN=C(NCCNC(C)(C)C)NCCc1nc(C(F)(F)F)cs1. The zero-order valence-corrected chi connectivity index (χ0v) is 14.7. The highest BCUT2D eigenvalue weighted by Gasteiger charge is 2.33. The molecule has 1 rings (SSSR count). The molecule has 0 spiro atoms. The van der Waals surface area contributed by atoms with Crippen molar-refractivity contribution in [2.24, 2.45) is 4.99 Å². The van der Waals surface area contributed by atoms with E-state index < -0.39 is 11.9 Å². The summed E-state index contributed by atoms with van der Waals surface area (Å²) in [5.74, 6) is 0.619. The summed E-state index contributed by atoms with van der Waals surface area (Å²) < 4.78 is 37.4. The highest BCUT2D eigenvalue weighted by Crippen LogP contribution is 2.29. The van der Waals surface area contributed by atoms with Crippen molar-refractivity contribution in [3.63, 3.8) is 0 Å². The minimum absolute atomic E-state index is 0.0552. The molecular weight excluding hydrogens is 327 g/mol. The van der Waals surface area contributed by atoms with Gasteiger partial charge in [-0.3, -0.25) is 4.99 Å². The van der Waals surface area contributed by atoms with Crippen molar-refractivity contribution in [2.75, 3.05) is 26.7 Å². The fraction of sp³-hybridized carbons (Fsp3) is 0.714. The Hall–Kier alpha value is -1.35. The summed E-state index contributed by atoms with van der Waals surface area (Å²) in [5.41, 5.74) is -0.770. The van der Waals surface area contributed by atoms with E-state index in [1.54, 1.807) is 7.05 Å². The maximum absolute atomic E-state index is 12.5. The lowest BCUT2D eigenvalue weighted by Crippen LogP contribution is -2.44. The average Bonchev–Trinajstić information content (AvgIpc) is 2.89. The first-order valence-corrected chi connectivity index (χ1v) is 8.21. The van der Waals surface area contributed by atoms with Gasteiger partial charge in [0.1, 0.15) is 0 Å². The Morgan fingerprint density at radius 1 is 1.17 bits per heavy atom. The number of guanidine groups is 1. The molecule has 0 atom stereocenters. The van der Waals surface area contributed by atoms with Gasteiger partial charge in [0.15, 0.2) is 11.7 Å². The predicted octanol–water partition coefficient (Wildman–Crippen LogP) is 2.26. The topological polar surface area (TPSA) is 61.3 Å². The number of aromatic nitrogens is 1. The first-order chi connectivity index (χ1) is 10.6. The second-order valence-corrected chi connectivity index (χ2v) is 6.92. The number of thiazole rings is 1. The molecule has 1 heterocycles. The molecule has 9 heteroatoms. The molecule has 0 saturated carbocycles. The van der Waals surface area contributed by atoms with Gasteiger partial charge in [-0.1, -0.05) is 0 Å². The van der Waals surface area contributed by atoms with Crippen molar-refractivity contribution in [1.29, 1.82) is 0 Å². The Bertz CT molecular complexity index is 505. The number of halogens is 3. The normalized spacial score (nSPS) is 13.3. The summed E-state index contributed by atoms with van der Waals surface area (Å²) in [7, 11) is 1.65. The van der Waals surface area contributed by atoms with Crippen LogP contribution in [0.2, 0.25) is 0 Å². The monoisotopic (exact) mass is 351 g/mol. The molecule has 0 aliphatic carbocycles. The van der Waals surface area contributed by atoms with Gasteiger partial charge in [-0.2, -0.15) is 13.2 Å². The van der Waals surface area contributed by atoms with Gasteiger partial charge in [0.2, 0.25) is 0 Å². The van der Waals surface area contributed by atoms with E-state index in [4.69, 9.17) is 0 Å². The van der Waals surface area contributed by atoms with E-state index in [0.29, 0.717) is 30.5 Å². The van der Waals surface area contributed by atoms with Crippen molar-refractivity contribution in [3.05, 3.63) is 16.1 Å². The second-order valence-electron chi connectivity index (χ2n) is 5.98. The number of hydrogen-bond donors (Lipinski definition) is 3. The number of rotatable bonds is 6. The highest BCUT2D eigenvalue weighted by molar-refractivity contribution is 7.09. The van der Waals surface area contributed by atoms with E-state index >= 15 is 0 Å². The zero-order chi connectivity index (χ0) is 17.5. The largest absolute Gasteiger partial charge is 0.434 e. The first kappa shape index (κ1) is 19.7. The highest BCUT2D eigenvalue weighted by atomic mass is 32.1. The summed E-state index contributed by atoms with van der Waals surface area (Å²) in [6.07, 6.45) is -3.96. The summed E-state index contributed by atoms with van der Waals surface area (Å²) in [6.45, 7) is 8.21. The third-order valence-corrected chi connectivity index (χ3v) is 3.68. The summed E-state index contributed by atoms with van der Waals surface area (Å²) in [5, 5.41) is 11.0. The molecule has 0 bridgehead atoms. The third-order valence-electron chi connectivity index (χ3n) is 2.77. The van der Waals surface area contributed by atoms with Crippen LogP contribution in [0.25, 0.3) is 0 Å². The molecule has 0 saturated heterocycles. The molecule has 3 N–H and O–H groups in total. The van der Waals surface area contributed by atoms with E-state index in [1.165, 1.54) is 0 Å². The van der Waals surface area contributed by atoms with Crippen molar-refractivity contribution in [2.45, 2.75) is 38.9 Å². The van der Waals surface area contributed by atoms with Crippen LogP contribution in [0, 0.1) is 0 Å². The van der Waals surface area contributed by atoms with Crippen LogP contribution < -0.4 is 16.0 Å². The molecule has 0 aromatic carbocycles. The van der Waals surface area contributed by atoms with Crippen LogP contribution >= 0.6 is 11.3 Å². The van der Waals surface area contributed by atoms with E-state index in [0.717, 1.165) is 23.3 Å². The van der Waals surface area contributed by atoms with Gasteiger partial charge in [-0.05, 0) is 20.8 Å². The zero-order valence-electron chi connectivity index (χ0n) is 13.8. The van der Waals surface area contributed by atoms with E-state index in [-0.39, 0.29) is 5.54 Å². The molecular formula is C14H24F3N5S. The smallest absolute Gasteiger partial charge is 0.356 e. The number of nitrogens with zero attached hydrogens (tertiary/aromatic N) is 2. The molecule has 132 valence electrons. The van der Waals surface area contributed by atoms with Gasteiger partial charge in [0.25, 0.3) is 0 Å². The van der Waals surface area contributed by atoms with Crippen LogP contribution in [0.1, 0.15) is 31.5 Å². The van der Waals surface area contributed by atoms with Crippen molar-refractivity contribution in [3.8, 4) is 0 Å². The second kappa shape index (κ2) is 8.49. The van der Waals surface area contributed by atoms with Gasteiger partial charge in [-0.15, -0.1) is 11.3 Å². The number of hydrogen-bond acceptors (Lipinski definition) is 4. The fourth-order valence-electron chi connectivity index (χ4n) is 1.68. The van der Waals surface area contributed by atoms with E-state index in [2.05, 4.69) is 46.7 Å². The minimum Gasteiger partial charge on any atom is -0.356 e. The van der Waals surface area contributed by atoms with E-state index in [9.17, 15) is 13.2 Å². The predicted molar refractivity (Wildman–Crippen MR) is 87.9 cm³/mol. The molecule has 0 amide bonds.